The van der Waals surface area contributed by atoms with Crippen LogP contribution >= 0.6 is 23.2 Å². The molecule has 0 fully saturated rings. The van der Waals surface area contributed by atoms with Gasteiger partial charge in [0.15, 0.2) is 5.82 Å². The van der Waals surface area contributed by atoms with E-state index in [4.69, 9.17) is 23.2 Å². The minimum absolute atomic E-state index is 0.170. The smallest absolute Gasteiger partial charge is 0.309 e. The highest BCUT2D eigenvalue weighted by atomic mass is 35.5. The SMILES string of the molecule is CCC(=O)Nc1cc(-c2c(Cl)cc(C(F)(F)F)cc2Cl)[nH]n1. The molecule has 2 aromatic rings. The van der Waals surface area contributed by atoms with E-state index in [-0.39, 0.29) is 33.8 Å². The van der Waals surface area contributed by atoms with Gasteiger partial charge in [-0.1, -0.05) is 30.1 Å². The third-order valence-electron chi connectivity index (χ3n) is 2.81. The Hall–Kier alpha value is -1.73. The summed E-state index contributed by atoms with van der Waals surface area (Å²) in [7, 11) is 0. The van der Waals surface area contributed by atoms with E-state index in [2.05, 4.69) is 15.5 Å². The average Bonchev–Trinajstić information content (AvgIpc) is 2.84. The maximum atomic E-state index is 12.7. The number of hydrogen-bond acceptors (Lipinski definition) is 2. The van der Waals surface area contributed by atoms with Crippen LogP contribution < -0.4 is 5.32 Å². The number of amides is 1. The van der Waals surface area contributed by atoms with Gasteiger partial charge in [-0.05, 0) is 12.1 Å². The van der Waals surface area contributed by atoms with E-state index in [1.165, 1.54) is 6.07 Å². The number of nitrogens with zero attached hydrogens (tertiary/aromatic N) is 1. The molecule has 0 unspecified atom stereocenters. The van der Waals surface area contributed by atoms with Crippen molar-refractivity contribution >= 4 is 34.9 Å². The fourth-order valence-electron chi connectivity index (χ4n) is 1.74. The number of benzene rings is 1. The van der Waals surface area contributed by atoms with Gasteiger partial charge in [0, 0.05) is 18.1 Å². The van der Waals surface area contributed by atoms with Crippen LogP contribution in [0.5, 0.6) is 0 Å². The van der Waals surface area contributed by atoms with E-state index in [0.29, 0.717) is 5.69 Å². The molecule has 0 aliphatic rings. The molecule has 1 aromatic heterocycles. The maximum Gasteiger partial charge on any atom is 0.416 e. The molecular formula is C13H10Cl2F3N3O. The van der Waals surface area contributed by atoms with Gasteiger partial charge in [-0.2, -0.15) is 18.3 Å². The highest BCUT2D eigenvalue weighted by molar-refractivity contribution is 6.39. The van der Waals surface area contributed by atoms with E-state index < -0.39 is 11.7 Å². The van der Waals surface area contributed by atoms with Gasteiger partial charge in [0.05, 0.1) is 21.3 Å². The number of anilines is 1. The Balaban J connectivity index is 2.39. The lowest BCUT2D eigenvalue weighted by atomic mass is 10.1. The van der Waals surface area contributed by atoms with Crippen molar-refractivity contribution in [2.75, 3.05) is 5.32 Å². The van der Waals surface area contributed by atoms with Crippen LogP contribution in [0, 0.1) is 0 Å². The summed E-state index contributed by atoms with van der Waals surface area (Å²) in [4.78, 5) is 11.3. The Morgan fingerprint density at radius 1 is 1.27 bits per heavy atom. The van der Waals surface area contributed by atoms with Crippen LogP contribution in [-0.4, -0.2) is 16.1 Å². The zero-order valence-corrected chi connectivity index (χ0v) is 12.7. The summed E-state index contributed by atoms with van der Waals surface area (Å²) in [5, 5.41) is 8.58. The first-order valence-electron chi connectivity index (χ1n) is 6.14. The molecule has 0 aliphatic carbocycles. The lowest BCUT2D eigenvalue weighted by molar-refractivity contribution is -0.137. The van der Waals surface area contributed by atoms with Crippen molar-refractivity contribution in [3.63, 3.8) is 0 Å². The number of alkyl halides is 3. The molecular weight excluding hydrogens is 342 g/mol. The fourth-order valence-corrected chi connectivity index (χ4v) is 2.43. The van der Waals surface area contributed by atoms with Gasteiger partial charge < -0.3 is 5.32 Å². The largest absolute Gasteiger partial charge is 0.416 e. The Kier molecular flexibility index (Phi) is 4.67. The molecule has 22 heavy (non-hydrogen) atoms. The summed E-state index contributed by atoms with van der Waals surface area (Å²) in [5.74, 6) is -0.0171. The van der Waals surface area contributed by atoms with Gasteiger partial charge >= 0.3 is 6.18 Å². The van der Waals surface area contributed by atoms with Gasteiger partial charge in [0.25, 0.3) is 0 Å². The lowest BCUT2D eigenvalue weighted by Crippen LogP contribution is -2.09. The fraction of sp³-hybridized carbons (Fsp3) is 0.231. The van der Waals surface area contributed by atoms with Crippen molar-refractivity contribution in [2.24, 2.45) is 0 Å². The topological polar surface area (TPSA) is 57.8 Å². The number of nitrogens with one attached hydrogen (secondary N) is 2. The summed E-state index contributed by atoms with van der Waals surface area (Å²) in [6.45, 7) is 1.67. The first-order chi connectivity index (χ1) is 10.2. The normalized spacial score (nSPS) is 11.5. The molecule has 0 spiro atoms. The van der Waals surface area contributed by atoms with Gasteiger partial charge in [0.1, 0.15) is 0 Å². The zero-order chi connectivity index (χ0) is 16.5. The summed E-state index contributed by atoms with van der Waals surface area (Å²) in [6, 6.07) is 3.01. The Morgan fingerprint density at radius 2 is 1.86 bits per heavy atom. The second-order valence-corrected chi connectivity index (χ2v) is 5.20. The zero-order valence-electron chi connectivity index (χ0n) is 11.2. The van der Waals surface area contributed by atoms with Crippen molar-refractivity contribution in [1.29, 1.82) is 0 Å². The van der Waals surface area contributed by atoms with E-state index in [9.17, 15) is 18.0 Å². The first-order valence-corrected chi connectivity index (χ1v) is 6.89. The number of halogens is 5. The molecule has 1 heterocycles. The van der Waals surface area contributed by atoms with Crippen LogP contribution in [0.25, 0.3) is 11.3 Å². The van der Waals surface area contributed by atoms with Crippen molar-refractivity contribution < 1.29 is 18.0 Å². The summed E-state index contributed by atoms with van der Waals surface area (Å²) < 4.78 is 38.1. The van der Waals surface area contributed by atoms with Gasteiger partial charge in [-0.15, -0.1) is 0 Å². The average molecular weight is 352 g/mol. The third-order valence-corrected chi connectivity index (χ3v) is 3.40. The second-order valence-electron chi connectivity index (χ2n) is 4.38. The van der Waals surface area contributed by atoms with E-state index in [1.807, 2.05) is 0 Å². The predicted octanol–water partition coefficient (Wildman–Crippen LogP) is 4.75. The van der Waals surface area contributed by atoms with Crippen molar-refractivity contribution in [3.05, 3.63) is 33.8 Å². The monoisotopic (exact) mass is 351 g/mol. The van der Waals surface area contributed by atoms with E-state index >= 15 is 0 Å². The number of rotatable bonds is 3. The van der Waals surface area contributed by atoms with Crippen LogP contribution in [0.15, 0.2) is 18.2 Å². The summed E-state index contributed by atoms with van der Waals surface area (Å²) in [6.07, 6.45) is -4.27. The number of carbonyl (C=O) groups is 1. The molecule has 0 bridgehead atoms. The number of aromatic nitrogens is 2. The van der Waals surface area contributed by atoms with Gasteiger partial charge in [0.2, 0.25) is 5.91 Å². The minimum atomic E-state index is -4.54. The third kappa shape index (κ3) is 3.53. The Morgan fingerprint density at radius 3 is 2.36 bits per heavy atom. The van der Waals surface area contributed by atoms with Crippen LogP contribution in [0.2, 0.25) is 10.0 Å². The molecule has 0 aliphatic heterocycles. The number of H-pyrrole nitrogens is 1. The molecule has 0 atom stereocenters. The van der Waals surface area contributed by atoms with Crippen molar-refractivity contribution in [2.45, 2.75) is 19.5 Å². The molecule has 0 radical (unpaired) electrons. The summed E-state index contributed by atoms with van der Waals surface area (Å²) in [5.41, 5.74) is -0.457. The number of aromatic amines is 1. The van der Waals surface area contributed by atoms with Crippen LogP contribution in [0.3, 0.4) is 0 Å². The highest BCUT2D eigenvalue weighted by Gasteiger charge is 2.32. The molecule has 1 amide bonds. The van der Waals surface area contributed by atoms with Crippen LogP contribution in [-0.2, 0) is 11.0 Å². The maximum absolute atomic E-state index is 12.7. The van der Waals surface area contributed by atoms with Crippen molar-refractivity contribution in [1.82, 2.24) is 10.2 Å². The van der Waals surface area contributed by atoms with Gasteiger partial charge in [-0.3, -0.25) is 9.89 Å². The Labute approximate surface area is 133 Å². The molecule has 0 saturated carbocycles. The van der Waals surface area contributed by atoms with Crippen molar-refractivity contribution in [3.8, 4) is 11.3 Å². The van der Waals surface area contributed by atoms with Gasteiger partial charge in [-0.25, -0.2) is 0 Å². The molecule has 9 heteroatoms. The summed E-state index contributed by atoms with van der Waals surface area (Å²) >= 11 is 11.8. The van der Waals surface area contributed by atoms with E-state index in [0.717, 1.165) is 12.1 Å². The van der Waals surface area contributed by atoms with E-state index in [1.54, 1.807) is 6.92 Å². The molecule has 118 valence electrons. The molecule has 0 saturated heterocycles. The molecule has 2 N–H and O–H groups in total. The predicted molar refractivity (Wildman–Crippen MR) is 78.0 cm³/mol. The number of hydrogen-bond donors (Lipinski definition) is 2. The van der Waals surface area contributed by atoms with Crippen LogP contribution in [0.1, 0.15) is 18.9 Å². The standard InChI is InChI=1S/C13H10Cl2F3N3O/c1-2-11(22)19-10-5-9(20-21-10)12-7(14)3-6(4-8(12)15)13(16,17)18/h3-5H,2H2,1H3,(H2,19,20,21,22). The molecule has 4 nitrogen and oxygen atoms in total. The molecule has 1 aromatic carbocycles. The second kappa shape index (κ2) is 6.18. The Bertz CT molecular complexity index is 690. The minimum Gasteiger partial charge on any atom is -0.309 e. The number of carbonyl (C=O) groups excluding carboxylic acids is 1. The lowest BCUT2D eigenvalue weighted by Gasteiger charge is -2.11. The highest BCUT2D eigenvalue weighted by Crippen LogP contribution is 2.40. The quantitative estimate of drug-likeness (QED) is 0.838. The molecule has 2 rings (SSSR count). The first kappa shape index (κ1) is 16.6. The van der Waals surface area contributed by atoms with Crippen LogP contribution in [0.4, 0.5) is 19.0 Å².